The van der Waals surface area contributed by atoms with E-state index in [0.29, 0.717) is 22.8 Å². The molecule has 1 aromatic heterocycles. The summed E-state index contributed by atoms with van der Waals surface area (Å²) in [5.41, 5.74) is 1.50. The second-order valence-corrected chi connectivity index (χ2v) is 11.2. The molecule has 198 valence electrons. The van der Waals surface area contributed by atoms with Crippen molar-refractivity contribution in [2.24, 2.45) is 5.92 Å². The number of nitrogens with zero attached hydrogens (tertiary/aromatic N) is 3. The number of fused-ring (bicyclic) bond motifs is 1. The molecule has 0 spiro atoms. The summed E-state index contributed by atoms with van der Waals surface area (Å²) < 4.78 is 36.4. The molecule has 0 bridgehead atoms. The molecule has 0 saturated carbocycles. The van der Waals surface area contributed by atoms with Crippen molar-refractivity contribution >= 4 is 33.3 Å². The van der Waals surface area contributed by atoms with Crippen LogP contribution in [0.15, 0.2) is 22.7 Å². The van der Waals surface area contributed by atoms with Gasteiger partial charge in [0.05, 0.1) is 31.0 Å². The Morgan fingerprint density at radius 3 is 2.61 bits per heavy atom. The van der Waals surface area contributed by atoms with Crippen LogP contribution in [0.2, 0.25) is 0 Å². The predicted molar refractivity (Wildman–Crippen MR) is 134 cm³/mol. The average molecular weight is 524 g/mol. The van der Waals surface area contributed by atoms with Crippen molar-refractivity contribution in [2.45, 2.75) is 39.8 Å². The van der Waals surface area contributed by atoms with Crippen LogP contribution >= 0.6 is 0 Å². The number of carbonyl (C=O) groups is 2. The fraction of sp³-hybridized carbons (Fsp3) is 0.522. The number of anilines is 2. The molecule has 0 fully saturated rings. The topological polar surface area (TPSA) is 154 Å². The van der Waals surface area contributed by atoms with Gasteiger partial charge in [0.1, 0.15) is 23.2 Å². The monoisotopic (exact) mass is 523 g/mol. The smallest absolute Gasteiger partial charge is 0.323 e. The Morgan fingerprint density at radius 2 is 2.03 bits per heavy atom. The Labute approximate surface area is 210 Å². The van der Waals surface area contributed by atoms with E-state index in [1.165, 1.54) is 22.3 Å². The number of hydrogen-bond acceptors (Lipinski definition) is 8. The van der Waals surface area contributed by atoms with E-state index < -0.39 is 28.2 Å². The largest absolute Gasteiger partial charge is 0.488 e. The van der Waals surface area contributed by atoms with Crippen molar-refractivity contribution in [3.8, 4) is 5.75 Å². The number of urea groups is 1. The first-order valence-electron chi connectivity index (χ1n) is 11.5. The summed E-state index contributed by atoms with van der Waals surface area (Å²) in [7, 11) is -1.98. The van der Waals surface area contributed by atoms with Gasteiger partial charge in [-0.05, 0) is 39.0 Å². The Balaban J connectivity index is 1.92. The molecule has 2 aromatic rings. The number of amides is 3. The summed E-state index contributed by atoms with van der Waals surface area (Å²) >= 11 is 0. The number of aliphatic hydroxyl groups is 1. The average Bonchev–Trinajstić information content (AvgIpc) is 3.12. The number of aryl methyl sites for hydroxylation is 2. The molecule has 3 N–H and O–H groups in total. The normalized spacial score (nSPS) is 19.2. The molecule has 1 aliphatic rings. The van der Waals surface area contributed by atoms with Gasteiger partial charge in [0.15, 0.2) is 5.76 Å². The number of likely N-dealkylation sites (N-methyl/N-ethyl adjacent to an activating group) is 1. The standard InChI is InChI=1S/C23H33N5O7S/c1-13-10-28(14(2)12-29)22(30)18-9-17(24-23(31)25-21-15(3)26-35-16(21)4)7-8-19(18)34-20(13)11-27(5)36(6,32)33/h7-9,13-14,20,29H,10-12H2,1-6H3,(H2,24,25,31)/t13-,14-,20+/m0/s1. The molecule has 0 saturated heterocycles. The first-order valence-corrected chi connectivity index (χ1v) is 13.3. The van der Waals surface area contributed by atoms with Gasteiger partial charge in [0, 0.05) is 25.2 Å². The van der Waals surface area contributed by atoms with Crippen molar-refractivity contribution in [3.63, 3.8) is 0 Å². The SMILES string of the molecule is Cc1noc(C)c1NC(=O)Nc1ccc2c(c1)C(=O)N([C@@H](C)CO)C[C@H](C)[C@@H](CN(C)S(C)(=O)=O)O2. The fourth-order valence-electron chi connectivity index (χ4n) is 3.84. The summed E-state index contributed by atoms with van der Waals surface area (Å²) in [6, 6.07) is 3.60. The fourth-order valence-corrected chi connectivity index (χ4v) is 4.26. The zero-order valence-corrected chi connectivity index (χ0v) is 22.0. The van der Waals surface area contributed by atoms with E-state index in [2.05, 4.69) is 15.8 Å². The first-order chi connectivity index (χ1) is 16.8. The molecule has 12 nitrogen and oxygen atoms in total. The van der Waals surface area contributed by atoms with E-state index in [4.69, 9.17) is 9.26 Å². The lowest BCUT2D eigenvalue weighted by atomic mass is 9.99. The van der Waals surface area contributed by atoms with E-state index in [-0.39, 0.29) is 42.8 Å². The molecular weight excluding hydrogens is 490 g/mol. The third kappa shape index (κ3) is 6.15. The number of ether oxygens (including phenoxy) is 1. The lowest BCUT2D eigenvalue weighted by molar-refractivity contribution is 0.0387. The van der Waals surface area contributed by atoms with Gasteiger partial charge in [-0.2, -0.15) is 0 Å². The molecule has 3 atom stereocenters. The second kappa shape index (κ2) is 10.8. The van der Waals surface area contributed by atoms with Crippen LogP contribution in [0.25, 0.3) is 0 Å². The highest BCUT2D eigenvalue weighted by molar-refractivity contribution is 7.88. The number of sulfonamides is 1. The lowest BCUT2D eigenvalue weighted by Crippen LogP contribution is -2.50. The third-order valence-corrected chi connectivity index (χ3v) is 7.48. The summed E-state index contributed by atoms with van der Waals surface area (Å²) in [4.78, 5) is 27.6. The van der Waals surface area contributed by atoms with Crippen molar-refractivity contribution in [1.82, 2.24) is 14.4 Å². The van der Waals surface area contributed by atoms with Crippen LogP contribution in [-0.2, 0) is 10.0 Å². The summed E-state index contributed by atoms with van der Waals surface area (Å²) in [6.45, 7) is 7.03. The Hall–Kier alpha value is -3.16. The molecule has 3 rings (SSSR count). The zero-order chi connectivity index (χ0) is 26.8. The van der Waals surface area contributed by atoms with Gasteiger partial charge in [0.2, 0.25) is 10.0 Å². The van der Waals surface area contributed by atoms with Crippen molar-refractivity contribution < 1.29 is 32.4 Å². The number of carbonyl (C=O) groups excluding carboxylic acids is 2. The van der Waals surface area contributed by atoms with Gasteiger partial charge in [-0.25, -0.2) is 17.5 Å². The van der Waals surface area contributed by atoms with Crippen LogP contribution in [0.5, 0.6) is 5.75 Å². The van der Waals surface area contributed by atoms with E-state index >= 15 is 0 Å². The van der Waals surface area contributed by atoms with Crippen molar-refractivity contribution in [3.05, 3.63) is 35.2 Å². The maximum Gasteiger partial charge on any atom is 0.323 e. The van der Waals surface area contributed by atoms with Crippen LogP contribution in [0.3, 0.4) is 0 Å². The molecule has 3 amide bonds. The summed E-state index contributed by atoms with van der Waals surface area (Å²) in [5, 5.41) is 18.9. The van der Waals surface area contributed by atoms with E-state index in [1.807, 2.05) is 6.92 Å². The number of aliphatic hydroxyl groups excluding tert-OH is 1. The van der Waals surface area contributed by atoms with Crippen molar-refractivity contribution in [2.75, 3.05) is 43.6 Å². The van der Waals surface area contributed by atoms with Gasteiger partial charge in [-0.1, -0.05) is 12.1 Å². The number of hydrogen-bond donors (Lipinski definition) is 3. The number of aromatic nitrogens is 1. The van der Waals surface area contributed by atoms with Crippen LogP contribution in [0, 0.1) is 19.8 Å². The molecule has 36 heavy (non-hydrogen) atoms. The molecule has 0 radical (unpaired) electrons. The summed E-state index contributed by atoms with van der Waals surface area (Å²) in [5.74, 6) is 0.101. The minimum atomic E-state index is -3.45. The Morgan fingerprint density at radius 1 is 1.33 bits per heavy atom. The number of rotatable bonds is 7. The zero-order valence-electron chi connectivity index (χ0n) is 21.2. The maximum absolute atomic E-state index is 13.5. The Kier molecular flexibility index (Phi) is 8.26. The minimum Gasteiger partial charge on any atom is -0.488 e. The molecule has 13 heteroatoms. The second-order valence-electron chi connectivity index (χ2n) is 9.16. The molecule has 0 aliphatic carbocycles. The van der Waals surface area contributed by atoms with E-state index in [9.17, 15) is 23.1 Å². The molecule has 0 unspecified atom stereocenters. The molecule has 2 heterocycles. The van der Waals surface area contributed by atoms with Crippen LogP contribution in [0.1, 0.15) is 35.7 Å². The summed E-state index contributed by atoms with van der Waals surface area (Å²) in [6.07, 6.45) is 0.552. The number of benzene rings is 1. The lowest BCUT2D eigenvalue weighted by Gasteiger charge is -2.38. The molecule has 1 aliphatic heterocycles. The van der Waals surface area contributed by atoms with E-state index in [0.717, 1.165) is 6.26 Å². The van der Waals surface area contributed by atoms with Gasteiger partial charge < -0.3 is 29.9 Å². The van der Waals surface area contributed by atoms with E-state index in [1.54, 1.807) is 32.9 Å². The number of nitrogens with one attached hydrogen (secondary N) is 2. The minimum absolute atomic E-state index is 0.0782. The highest BCUT2D eigenvalue weighted by Gasteiger charge is 2.34. The highest BCUT2D eigenvalue weighted by atomic mass is 32.2. The van der Waals surface area contributed by atoms with Crippen LogP contribution in [-0.4, -0.2) is 85.0 Å². The molecule has 1 aromatic carbocycles. The van der Waals surface area contributed by atoms with Gasteiger partial charge >= 0.3 is 6.03 Å². The molecular formula is C23H33N5O7S. The third-order valence-electron chi connectivity index (χ3n) is 6.20. The quantitative estimate of drug-likeness (QED) is 0.498. The Bertz CT molecular complexity index is 1210. The van der Waals surface area contributed by atoms with Gasteiger partial charge in [-0.15, -0.1) is 0 Å². The van der Waals surface area contributed by atoms with Gasteiger partial charge in [0.25, 0.3) is 5.91 Å². The van der Waals surface area contributed by atoms with Crippen LogP contribution in [0.4, 0.5) is 16.2 Å². The van der Waals surface area contributed by atoms with Gasteiger partial charge in [-0.3, -0.25) is 4.79 Å². The predicted octanol–water partition coefficient (Wildman–Crippen LogP) is 2.05. The van der Waals surface area contributed by atoms with Crippen LogP contribution < -0.4 is 15.4 Å². The maximum atomic E-state index is 13.5. The highest BCUT2D eigenvalue weighted by Crippen LogP contribution is 2.31. The van der Waals surface area contributed by atoms with Crippen molar-refractivity contribution in [1.29, 1.82) is 0 Å². The first kappa shape index (κ1) is 27.4.